The lowest BCUT2D eigenvalue weighted by atomic mass is 10.1. The lowest BCUT2D eigenvalue weighted by Gasteiger charge is -2.09. The zero-order valence-corrected chi connectivity index (χ0v) is 15.8. The van der Waals surface area contributed by atoms with Crippen molar-refractivity contribution in [1.29, 1.82) is 0 Å². The number of amides is 1. The molecular formula is C20H20N4O4. The Bertz CT molecular complexity index is 1130. The van der Waals surface area contributed by atoms with Crippen LogP contribution in [0.15, 0.2) is 52.4 Å². The molecule has 3 rings (SSSR count). The Labute approximate surface area is 161 Å². The van der Waals surface area contributed by atoms with Crippen molar-refractivity contribution in [3.05, 3.63) is 64.1 Å². The number of aromatic nitrogens is 2. The molecule has 0 aliphatic carbocycles. The molecule has 0 aliphatic rings. The average Bonchev–Trinajstić information content (AvgIpc) is 2.72. The molecule has 0 fully saturated rings. The van der Waals surface area contributed by atoms with Crippen LogP contribution in [0.3, 0.4) is 0 Å². The number of nitrogens with one attached hydrogen (secondary N) is 1. The zero-order valence-electron chi connectivity index (χ0n) is 15.8. The van der Waals surface area contributed by atoms with Gasteiger partial charge in [-0.1, -0.05) is 18.2 Å². The number of hydrogen-bond donors (Lipinski definition) is 2. The highest BCUT2D eigenvalue weighted by Gasteiger charge is 2.16. The predicted octanol–water partition coefficient (Wildman–Crippen LogP) is 2.28. The van der Waals surface area contributed by atoms with Crippen LogP contribution in [0.4, 0.5) is 0 Å². The number of phenolic OH excluding ortho intramolecular Hbond substituents is 1. The molecule has 2 aromatic carbocycles. The first-order valence-electron chi connectivity index (χ1n) is 8.68. The number of ether oxygens (including phenoxy) is 1. The van der Waals surface area contributed by atoms with Crippen LogP contribution >= 0.6 is 0 Å². The smallest absolute Gasteiger partial charge is 0.292 e. The highest BCUT2D eigenvalue weighted by molar-refractivity contribution is 6.06. The van der Waals surface area contributed by atoms with Gasteiger partial charge in [-0.3, -0.25) is 9.59 Å². The Morgan fingerprint density at radius 1 is 1.25 bits per heavy atom. The highest BCUT2D eigenvalue weighted by Crippen LogP contribution is 2.23. The van der Waals surface area contributed by atoms with E-state index >= 15 is 0 Å². The van der Waals surface area contributed by atoms with Gasteiger partial charge in [0.25, 0.3) is 11.5 Å². The Kier molecular flexibility index (Phi) is 5.39. The molecule has 1 aromatic heterocycles. The molecule has 0 aliphatic heterocycles. The molecule has 0 spiro atoms. The van der Waals surface area contributed by atoms with Gasteiger partial charge in [0.1, 0.15) is 11.5 Å². The minimum Gasteiger partial charge on any atom is -0.507 e. The minimum atomic E-state index is -0.550. The number of carbonyl (C=O) groups is 1. The number of benzene rings is 2. The number of hydrazone groups is 1. The number of hydrogen-bond acceptors (Lipinski definition) is 6. The fourth-order valence-electron chi connectivity index (χ4n) is 2.81. The quantitative estimate of drug-likeness (QED) is 0.522. The maximum Gasteiger partial charge on any atom is 0.292 e. The van der Waals surface area contributed by atoms with E-state index in [-0.39, 0.29) is 17.0 Å². The van der Waals surface area contributed by atoms with Crippen molar-refractivity contribution >= 4 is 22.4 Å². The summed E-state index contributed by atoms with van der Waals surface area (Å²) < 4.78 is 6.29. The average molecular weight is 380 g/mol. The summed E-state index contributed by atoms with van der Waals surface area (Å²) in [5, 5.41) is 19.2. The maximum absolute atomic E-state index is 12.7. The van der Waals surface area contributed by atoms with Crippen LogP contribution < -0.4 is 15.7 Å². The standard InChI is InChI=1S/C20H20N4O4/c1-4-24-20(27)16-8-6-5-7-15(16)18(23-24)19(26)22-21-12(2)14-10-9-13(28-3)11-17(14)25/h5-11,25H,4H2,1-3H3,(H,22,26)/b21-12+. The Morgan fingerprint density at radius 3 is 2.61 bits per heavy atom. The second kappa shape index (κ2) is 7.91. The normalized spacial score (nSPS) is 11.5. The second-order valence-electron chi connectivity index (χ2n) is 6.04. The SMILES string of the molecule is CCn1nc(C(=O)N/N=C(\C)c2ccc(OC)cc2O)c2ccccc2c1=O. The van der Waals surface area contributed by atoms with E-state index in [1.807, 2.05) is 0 Å². The highest BCUT2D eigenvalue weighted by atomic mass is 16.5. The van der Waals surface area contributed by atoms with E-state index in [9.17, 15) is 14.7 Å². The summed E-state index contributed by atoms with van der Waals surface area (Å²) in [4.78, 5) is 25.1. The summed E-state index contributed by atoms with van der Waals surface area (Å²) in [7, 11) is 1.50. The van der Waals surface area contributed by atoms with E-state index < -0.39 is 5.91 Å². The van der Waals surface area contributed by atoms with Gasteiger partial charge in [-0.2, -0.15) is 10.2 Å². The number of aromatic hydroxyl groups is 1. The molecule has 0 saturated carbocycles. The van der Waals surface area contributed by atoms with Gasteiger partial charge in [0.2, 0.25) is 0 Å². The third-order valence-electron chi connectivity index (χ3n) is 4.30. The molecule has 3 aromatic rings. The lowest BCUT2D eigenvalue weighted by Crippen LogP contribution is -2.28. The van der Waals surface area contributed by atoms with Gasteiger partial charge in [-0.15, -0.1) is 0 Å². The molecule has 144 valence electrons. The number of phenols is 1. The number of aryl methyl sites for hydroxylation is 1. The van der Waals surface area contributed by atoms with Crippen molar-refractivity contribution in [2.75, 3.05) is 7.11 Å². The van der Waals surface area contributed by atoms with Gasteiger partial charge in [-0.25, -0.2) is 10.1 Å². The molecule has 0 bridgehead atoms. The van der Waals surface area contributed by atoms with Crippen LogP contribution in [-0.2, 0) is 6.54 Å². The molecule has 1 heterocycles. The summed E-state index contributed by atoms with van der Waals surface area (Å²) in [6.07, 6.45) is 0. The summed E-state index contributed by atoms with van der Waals surface area (Å²) in [6.45, 7) is 3.77. The molecule has 0 unspecified atom stereocenters. The second-order valence-corrected chi connectivity index (χ2v) is 6.04. The van der Waals surface area contributed by atoms with Crippen molar-refractivity contribution in [3.63, 3.8) is 0 Å². The number of rotatable bonds is 5. The van der Waals surface area contributed by atoms with Crippen LogP contribution in [0, 0.1) is 0 Å². The van der Waals surface area contributed by atoms with Gasteiger partial charge >= 0.3 is 0 Å². The molecule has 0 saturated heterocycles. The van der Waals surface area contributed by atoms with Crippen LogP contribution in [0.5, 0.6) is 11.5 Å². The maximum atomic E-state index is 12.7. The van der Waals surface area contributed by atoms with E-state index in [0.29, 0.717) is 34.3 Å². The van der Waals surface area contributed by atoms with Crippen LogP contribution in [0.1, 0.15) is 29.9 Å². The van der Waals surface area contributed by atoms with Crippen molar-refractivity contribution in [3.8, 4) is 11.5 Å². The van der Waals surface area contributed by atoms with E-state index in [1.165, 1.54) is 17.9 Å². The Hall–Kier alpha value is -3.68. The van der Waals surface area contributed by atoms with E-state index in [2.05, 4.69) is 15.6 Å². The number of fused-ring (bicyclic) bond motifs is 1. The first kappa shape index (κ1) is 19.1. The van der Waals surface area contributed by atoms with Crippen LogP contribution in [0.2, 0.25) is 0 Å². The number of methoxy groups -OCH3 is 1. The zero-order chi connectivity index (χ0) is 20.3. The Morgan fingerprint density at radius 2 is 1.96 bits per heavy atom. The molecule has 2 N–H and O–H groups in total. The van der Waals surface area contributed by atoms with Crippen molar-refractivity contribution in [2.45, 2.75) is 20.4 Å². The molecule has 28 heavy (non-hydrogen) atoms. The third-order valence-corrected chi connectivity index (χ3v) is 4.30. The third kappa shape index (κ3) is 3.57. The van der Waals surface area contributed by atoms with Crippen molar-refractivity contribution in [1.82, 2.24) is 15.2 Å². The minimum absolute atomic E-state index is 0.0158. The van der Waals surface area contributed by atoms with E-state index in [0.717, 1.165) is 0 Å². The summed E-state index contributed by atoms with van der Waals surface area (Å²) >= 11 is 0. The fraction of sp³-hybridized carbons (Fsp3) is 0.200. The number of nitrogens with zero attached hydrogens (tertiary/aromatic N) is 3. The van der Waals surface area contributed by atoms with Gasteiger partial charge in [0, 0.05) is 23.6 Å². The molecular weight excluding hydrogens is 360 g/mol. The van der Waals surface area contributed by atoms with Gasteiger partial charge in [0.15, 0.2) is 5.69 Å². The van der Waals surface area contributed by atoms with Gasteiger partial charge < -0.3 is 9.84 Å². The largest absolute Gasteiger partial charge is 0.507 e. The van der Waals surface area contributed by atoms with E-state index in [4.69, 9.17) is 4.74 Å². The molecule has 0 atom stereocenters. The van der Waals surface area contributed by atoms with Gasteiger partial charge in [-0.05, 0) is 32.0 Å². The molecule has 1 amide bonds. The number of carbonyl (C=O) groups excluding carboxylic acids is 1. The fourth-order valence-corrected chi connectivity index (χ4v) is 2.81. The topological polar surface area (TPSA) is 106 Å². The summed E-state index contributed by atoms with van der Waals surface area (Å²) in [5.74, 6) is -0.0562. The predicted molar refractivity (Wildman–Crippen MR) is 106 cm³/mol. The Balaban J connectivity index is 1.94. The lowest BCUT2D eigenvalue weighted by molar-refractivity contribution is 0.0949. The van der Waals surface area contributed by atoms with Crippen LogP contribution in [-0.4, -0.2) is 33.6 Å². The van der Waals surface area contributed by atoms with Crippen molar-refractivity contribution < 1.29 is 14.6 Å². The van der Waals surface area contributed by atoms with Crippen LogP contribution in [0.25, 0.3) is 10.8 Å². The molecule has 8 nitrogen and oxygen atoms in total. The molecule has 8 heteroatoms. The summed E-state index contributed by atoms with van der Waals surface area (Å²) in [6, 6.07) is 11.6. The summed E-state index contributed by atoms with van der Waals surface area (Å²) in [5.41, 5.74) is 3.16. The van der Waals surface area contributed by atoms with Gasteiger partial charge in [0.05, 0.1) is 18.2 Å². The first-order valence-corrected chi connectivity index (χ1v) is 8.68. The first-order chi connectivity index (χ1) is 13.5. The van der Waals surface area contributed by atoms with Crippen molar-refractivity contribution in [2.24, 2.45) is 5.10 Å². The molecule has 0 radical (unpaired) electrons. The monoisotopic (exact) mass is 380 g/mol. The van der Waals surface area contributed by atoms with E-state index in [1.54, 1.807) is 50.2 Å².